The number of hydrogen-bond acceptors (Lipinski definition) is 3. The highest BCUT2D eigenvalue weighted by Gasteiger charge is 2.15. The minimum absolute atomic E-state index is 0.173. The Hall–Kier alpha value is -2.95. The van der Waals surface area contributed by atoms with Crippen molar-refractivity contribution in [3.8, 4) is 0 Å². The number of rotatable bonds is 2. The van der Waals surface area contributed by atoms with E-state index in [2.05, 4.69) is 23.8 Å². The van der Waals surface area contributed by atoms with Gasteiger partial charge in [0.2, 0.25) is 0 Å². The van der Waals surface area contributed by atoms with Crippen molar-refractivity contribution < 1.29 is 4.79 Å². The molecule has 0 radical (unpaired) electrons. The van der Waals surface area contributed by atoms with E-state index in [4.69, 9.17) is 0 Å². The molecule has 0 saturated heterocycles. The molecule has 0 atom stereocenters. The van der Waals surface area contributed by atoms with Crippen molar-refractivity contribution in [1.82, 2.24) is 19.1 Å². The summed E-state index contributed by atoms with van der Waals surface area (Å²) in [6.45, 7) is 4.21. The fourth-order valence-electron chi connectivity index (χ4n) is 2.98. The molecule has 120 valence electrons. The normalized spacial score (nSPS) is 11.4. The minimum atomic E-state index is -0.173. The largest absolute Gasteiger partial charge is 0.339 e. The van der Waals surface area contributed by atoms with Gasteiger partial charge in [0.05, 0.1) is 22.1 Å². The van der Waals surface area contributed by atoms with Crippen molar-refractivity contribution in [2.45, 2.75) is 26.7 Å². The lowest BCUT2D eigenvalue weighted by Crippen LogP contribution is -2.17. The van der Waals surface area contributed by atoms with Crippen LogP contribution in [0.25, 0.3) is 22.1 Å². The summed E-state index contributed by atoms with van der Waals surface area (Å²) in [5.41, 5.74) is 5.70. The van der Waals surface area contributed by atoms with Gasteiger partial charge in [-0.15, -0.1) is 0 Å². The van der Waals surface area contributed by atoms with Gasteiger partial charge in [0, 0.05) is 0 Å². The van der Waals surface area contributed by atoms with Crippen molar-refractivity contribution >= 4 is 28.1 Å². The number of nitrogens with zero attached hydrogens (tertiary/aromatic N) is 4. The van der Waals surface area contributed by atoms with Crippen LogP contribution in [0.4, 0.5) is 4.79 Å². The molecular weight excluding hydrogens is 300 g/mol. The van der Waals surface area contributed by atoms with E-state index in [-0.39, 0.29) is 6.03 Å². The molecule has 0 bridgehead atoms. The zero-order valence-corrected chi connectivity index (χ0v) is 13.7. The summed E-state index contributed by atoms with van der Waals surface area (Å²) >= 11 is 0. The number of carbonyl (C=O) groups is 1. The van der Waals surface area contributed by atoms with Crippen LogP contribution in [0.1, 0.15) is 25.0 Å². The third-order valence-corrected chi connectivity index (χ3v) is 4.45. The van der Waals surface area contributed by atoms with E-state index in [0.717, 1.165) is 34.9 Å². The topological polar surface area (TPSA) is 52.7 Å². The molecule has 0 saturated carbocycles. The van der Waals surface area contributed by atoms with Gasteiger partial charge in [-0.25, -0.2) is 23.9 Å². The molecule has 0 aliphatic heterocycles. The molecule has 0 fully saturated rings. The highest BCUT2D eigenvalue weighted by Crippen LogP contribution is 2.19. The predicted molar refractivity (Wildman–Crippen MR) is 94.4 cm³/mol. The summed E-state index contributed by atoms with van der Waals surface area (Å²) in [5.74, 6) is 0. The Bertz CT molecular complexity index is 974. The molecule has 0 aliphatic carbocycles. The summed E-state index contributed by atoms with van der Waals surface area (Å²) in [5, 5.41) is 0. The van der Waals surface area contributed by atoms with Crippen LogP contribution in [-0.4, -0.2) is 25.1 Å². The lowest BCUT2D eigenvalue weighted by atomic mass is 10.1. The first-order chi connectivity index (χ1) is 11.7. The van der Waals surface area contributed by atoms with E-state index in [1.54, 1.807) is 21.8 Å². The molecule has 0 amide bonds. The molecule has 2 aromatic carbocycles. The second-order valence-electron chi connectivity index (χ2n) is 5.86. The molecular formula is C19H18N4O. The smallest absolute Gasteiger partial charge is 0.250 e. The maximum atomic E-state index is 13.0. The van der Waals surface area contributed by atoms with E-state index in [1.807, 2.05) is 36.4 Å². The molecule has 2 heterocycles. The Balaban J connectivity index is 1.81. The number of fused-ring (bicyclic) bond motifs is 2. The van der Waals surface area contributed by atoms with Gasteiger partial charge in [-0.1, -0.05) is 26.0 Å². The lowest BCUT2D eigenvalue weighted by Gasteiger charge is -2.06. The number of aryl methyl sites for hydroxylation is 2. The van der Waals surface area contributed by atoms with Gasteiger partial charge in [0.15, 0.2) is 0 Å². The first-order valence-electron chi connectivity index (χ1n) is 8.18. The minimum Gasteiger partial charge on any atom is -0.250 e. The average Bonchev–Trinajstić information content (AvgIpc) is 3.23. The van der Waals surface area contributed by atoms with E-state index in [0.29, 0.717) is 0 Å². The first-order valence-corrected chi connectivity index (χ1v) is 8.18. The van der Waals surface area contributed by atoms with E-state index < -0.39 is 0 Å². The Labute approximate surface area is 139 Å². The quantitative estimate of drug-likeness (QED) is 0.561. The molecule has 24 heavy (non-hydrogen) atoms. The third kappa shape index (κ3) is 2.21. The maximum Gasteiger partial charge on any atom is 0.339 e. The second-order valence-corrected chi connectivity index (χ2v) is 5.86. The molecule has 4 aromatic rings. The van der Waals surface area contributed by atoms with Crippen LogP contribution in [0.15, 0.2) is 49.1 Å². The van der Waals surface area contributed by atoms with Crippen molar-refractivity contribution in [3.63, 3.8) is 0 Å². The highest BCUT2D eigenvalue weighted by molar-refractivity contribution is 5.95. The van der Waals surface area contributed by atoms with Crippen LogP contribution < -0.4 is 0 Å². The molecule has 0 N–H and O–H groups in total. The van der Waals surface area contributed by atoms with Crippen LogP contribution in [0.2, 0.25) is 0 Å². The molecule has 0 spiro atoms. The molecule has 2 aromatic heterocycles. The van der Waals surface area contributed by atoms with Gasteiger partial charge in [-0.2, -0.15) is 0 Å². The fraction of sp³-hybridized carbons (Fsp3) is 0.211. The van der Waals surface area contributed by atoms with Crippen LogP contribution in [0, 0.1) is 0 Å². The Morgan fingerprint density at radius 1 is 0.833 bits per heavy atom. The Morgan fingerprint density at radius 3 is 1.71 bits per heavy atom. The predicted octanol–water partition coefficient (Wildman–Crippen LogP) is 4.03. The van der Waals surface area contributed by atoms with E-state index in [1.165, 1.54) is 11.1 Å². The van der Waals surface area contributed by atoms with Crippen LogP contribution in [0.5, 0.6) is 0 Å². The van der Waals surface area contributed by atoms with Crippen molar-refractivity contribution in [1.29, 1.82) is 0 Å². The van der Waals surface area contributed by atoms with Crippen LogP contribution >= 0.6 is 0 Å². The molecule has 5 nitrogen and oxygen atoms in total. The Kier molecular flexibility index (Phi) is 3.41. The fourth-order valence-corrected chi connectivity index (χ4v) is 2.98. The van der Waals surface area contributed by atoms with Crippen molar-refractivity contribution in [2.24, 2.45) is 0 Å². The van der Waals surface area contributed by atoms with Gasteiger partial charge in [0.25, 0.3) is 0 Å². The number of imidazole rings is 2. The molecule has 0 aliphatic rings. The summed E-state index contributed by atoms with van der Waals surface area (Å²) in [6, 6.07) is 11.9. The van der Waals surface area contributed by atoms with Crippen LogP contribution in [-0.2, 0) is 12.8 Å². The Morgan fingerprint density at radius 2 is 1.29 bits per heavy atom. The van der Waals surface area contributed by atoms with Crippen molar-refractivity contribution in [3.05, 3.63) is 60.2 Å². The van der Waals surface area contributed by atoms with Gasteiger partial charge in [0.1, 0.15) is 12.7 Å². The zero-order chi connectivity index (χ0) is 16.7. The molecule has 5 heteroatoms. The standard InChI is InChI=1S/C19H18N4O/c1-3-13-5-7-17-15(9-13)20-11-22(17)19(24)23-12-21-16-10-14(4-2)6-8-18(16)23/h5-12H,3-4H2,1-2H3. The average molecular weight is 318 g/mol. The number of carbonyl (C=O) groups excluding carboxylic acids is 1. The molecule has 0 unspecified atom stereocenters. The van der Waals surface area contributed by atoms with Gasteiger partial charge in [-0.3, -0.25) is 0 Å². The molecule has 4 rings (SSSR count). The van der Waals surface area contributed by atoms with Gasteiger partial charge < -0.3 is 0 Å². The first kappa shape index (κ1) is 14.6. The van der Waals surface area contributed by atoms with Crippen LogP contribution in [0.3, 0.4) is 0 Å². The second kappa shape index (κ2) is 5.60. The summed E-state index contributed by atoms with van der Waals surface area (Å²) in [4.78, 5) is 21.7. The zero-order valence-electron chi connectivity index (χ0n) is 13.7. The number of aromatic nitrogens is 4. The van der Waals surface area contributed by atoms with Gasteiger partial charge in [-0.05, 0) is 48.2 Å². The number of benzene rings is 2. The third-order valence-electron chi connectivity index (χ3n) is 4.45. The van der Waals surface area contributed by atoms with Crippen molar-refractivity contribution in [2.75, 3.05) is 0 Å². The monoisotopic (exact) mass is 318 g/mol. The SMILES string of the molecule is CCc1ccc2c(c1)ncn2C(=O)n1cnc2cc(CC)ccc21. The summed E-state index contributed by atoms with van der Waals surface area (Å²) < 4.78 is 3.15. The van der Waals surface area contributed by atoms with Gasteiger partial charge >= 0.3 is 6.03 Å². The lowest BCUT2D eigenvalue weighted by molar-refractivity contribution is 0.245. The maximum absolute atomic E-state index is 13.0. The van der Waals surface area contributed by atoms with E-state index in [9.17, 15) is 4.79 Å². The number of hydrogen-bond donors (Lipinski definition) is 0. The summed E-state index contributed by atoms with van der Waals surface area (Å²) in [6.07, 6.45) is 5.06. The highest BCUT2D eigenvalue weighted by atomic mass is 16.2. The summed E-state index contributed by atoms with van der Waals surface area (Å²) in [7, 11) is 0. The van der Waals surface area contributed by atoms with E-state index >= 15 is 0 Å².